The zero-order chi connectivity index (χ0) is 14.6. The second-order valence-electron chi connectivity index (χ2n) is 4.98. The second-order valence-corrected chi connectivity index (χ2v) is 6.81. The first-order valence-corrected chi connectivity index (χ1v) is 8.50. The molecule has 1 fully saturated rings. The lowest BCUT2D eigenvalue weighted by molar-refractivity contribution is 0.165. The van der Waals surface area contributed by atoms with Crippen LogP contribution in [-0.2, 0) is 10.0 Å². The molecular weight excluding hydrogens is 281 g/mol. The van der Waals surface area contributed by atoms with Gasteiger partial charge >= 0.3 is 0 Å². The average Bonchev–Trinajstić information content (AvgIpc) is 2.38. The van der Waals surface area contributed by atoms with E-state index in [4.69, 9.17) is 0 Å². The second kappa shape index (κ2) is 6.62. The van der Waals surface area contributed by atoms with Gasteiger partial charge in [0.15, 0.2) is 0 Å². The van der Waals surface area contributed by atoms with E-state index < -0.39 is 10.0 Å². The first-order valence-electron chi connectivity index (χ1n) is 6.60. The van der Waals surface area contributed by atoms with E-state index in [0.717, 1.165) is 31.5 Å². The van der Waals surface area contributed by atoms with Gasteiger partial charge < -0.3 is 5.32 Å². The zero-order valence-corrected chi connectivity index (χ0v) is 12.3. The maximum atomic E-state index is 13.3. The van der Waals surface area contributed by atoms with Gasteiger partial charge in [-0.3, -0.25) is 4.90 Å². The molecule has 112 valence electrons. The highest BCUT2D eigenvalue weighted by Crippen LogP contribution is 2.22. The summed E-state index contributed by atoms with van der Waals surface area (Å²) in [5, 5.41) is 3.29. The number of hydrogen-bond donors (Lipinski definition) is 2. The molecule has 1 unspecified atom stereocenters. The molecule has 7 heteroatoms. The molecule has 2 rings (SSSR count). The number of rotatable bonds is 5. The van der Waals surface area contributed by atoms with Gasteiger partial charge in [0.1, 0.15) is 5.82 Å². The molecule has 1 heterocycles. The third-order valence-corrected chi connectivity index (χ3v) is 4.08. The molecule has 2 N–H and O–H groups in total. The van der Waals surface area contributed by atoms with Crippen LogP contribution in [0, 0.1) is 5.82 Å². The predicted octanol–water partition coefficient (Wildman–Crippen LogP) is 0.321. The molecule has 1 aliphatic rings. The standard InChI is InChI=1S/C13H20FN3O2S/c1-20(18,19)16-6-8-17-7-5-15-10-13(17)11-3-2-4-12(14)9-11/h2-4,9,13,15-16H,5-8,10H2,1H3. The van der Waals surface area contributed by atoms with E-state index in [2.05, 4.69) is 14.9 Å². The molecule has 5 nitrogen and oxygen atoms in total. The summed E-state index contributed by atoms with van der Waals surface area (Å²) in [6.07, 6.45) is 1.15. The van der Waals surface area contributed by atoms with Crippen LogP contribution in [0.2, 0.25) is 0 Å². The van der Waals surface area contributed by atoms with E-state index in [9.17, 15) is 12.8 Å². The molecule has 0 aromatic heterocycles. The lowest BCUT2D eigenvalue weighted by Crippen LogP contribution is -2.48. The maximum absolute atomic E-state index is 13.3. The van der Waals surface area contributed by atoms with Crippen LogP contribution in [0.5, 0.6) is 0 Å². The molecular formula is C13H20FN3O2S. The van der Waals surface area contributed by atoms with Crippen molar-refractivity contribution in [2.45, 2.75) is 6.04 Å². The average molecular weight is 301 g/mol. The zero-order valence-electron chi connectivity index (χ0n) is 11.5. The van der Waals surface area contributed by atoms with Gasteiger partial charge in [-0.1, -0.05) is 12.1 Å². The normalized spacial score (nSPS) is 21.0. The third kappa shape index (κ3) is 4.52. The molecule has 20 heavy (non-hydrogen) atoms. The number of nitrogens with one attached hydrogen (secondary N) is 2. The van der Waals surface area contributed by atoms with Gasteiger partial charge in [-0.25, -0.2) is 17.5 Å². The van der Waals surface area contributed by atoms with E-state index in [1.54, 1.807) is 6.07 Å². The maximum Gasteiger partial charge on any atom is 0.208 e. The number of hydrogen-bond acceptors (Lipinski definition) is 4. The summed E-state index contributed by atoms with van der Waals surface area (Å²) in [7, 11) is -3.17. The van der Waals surface area contributed by atoms with Gasteiger partial charge in [-0.15, -0.1) is 0 Å². The Kier molecular flexibility index (Phi) is 5.09. The van der Waals surface area contributed by atoms with E-state index in [1.165, 1.54) is 12.1 Å². The summed E-state index contributed by atoms with van der Waals surface area (Å²) in [6, 6.07) is 6.63. The molecule has 1 aromatic carbocycles. The largest absolute Gasteiger partial charge is 0.314 e. The fraction of sp³-hybridized carbons (Fsp3) is 0.538. The van der Waals surface area contributed by atoms with Crippen LogP contribution in [0.1, 0.15) is 11.6 Å². The number of benzene rings is 1. The van der Waals surface area contributed by atoms with Gasteiger partial charge in [-0.05, 0) is 17.7 Å². The predicted molar refractivity (Wildman–Crippen MR) is 76.4 cm³/mol. The Balaban J connectivity index is 2.02. The Bertz CT molecular complexity index is 550. The third-order valence-electron chi connectivity index (χ3n) is 3.35. The van der Waals surface area contributed by atoms with Gasteiger partial charge in [0.05, 0.1) is 6.26 Å². The van der Waals surface area contributed by atoms with Crippen molar-refractivity contribution in [3.8, 4) is 0 Å². The summed E-state index contributed by atoms with van der Waals surface area (Å²) in [5.74, 6) is -0.248. The molecule has 0 bridgehead atoms. The Labute approximate surface area is 119 Å². The highest BCUT2D eigenvalue weighted by Gasteiger charge is 2.23. The molecule has 0 saturated carbocycles. The van der Waals surface area contributed by atoms with Crippen LogP contribution < -0.4 is 10.0 Å². The van der Waals surface area contributed by atoms with Crippen molar-refractivity contribution >= 4 is 10.0 Å². The van der Waals surface area contributed by atoms with E-state index in [-0.39, 0.29) is 11.9 Å². The van der Waals surface area contributed by atoms with Crippen molar-refractivity contribution < 1.29 is 12.8 Å². The van der Waals surface area contributed by atoms with E-state index in [0.29, 0.717) is 13.1 Å². The molecule has 0 spiro atoms. The highest BCUT2D eigenvalue weighted by atomic mass is 32.2. The van der Waals surface area contributed by atoms with Gasteiger partial charge in [0, 0.05) is 38.8 Å². The highest BCUT2D eigenvalue weighted by molar-refractivity contribution is 7.88. The Morgan fingerprint density at radius 3 is 3.00 bits per heavy atom. The number of sulfonamides is 1. The van der Waals surface area contributed by atoms with Gasteiger partial charge in [0.2, 0.25) is 10.0 Å². The Morgan fingerprint density at radius 2 is 2.30 bits per heavy atom. The topological polar surface area (TPSA) is 61.4 Å². The van der Waals surface area contributed by atoms with Crippen molar-refractivity contribution in [3.05, 3.63) is 35.6 Å². The summed E-state index contributed by atoms with van der Waals surface area (Å²) in [6.45, 7) is 3.38. The quantitative estimate of drug-likeness (QED) is 0.822. The minimum absolute atomic E-state index is 0.0702. The first-order chi connectivity index (χ1) is 9.46. The Morgan fingerprint density at radius 1 is 1.50 bits per heavy atom. The molecule has 1 saturated heterocycles. The smallest absolute Gasteiger partial charge is 0.208 e. The minimum Gasteiger partial charge on any atom is -0.314 e. The van der Waals surface area contributed by atoms with E-state index in [1.807, 2.05) is 6.07 Å². The summed E-state index contributed by atoms with van der Waals surface area (Å²) in [5.41, 5.74) is 0.913. The van der Waals surface area contributed by atoms with Crippen LogP contribution in [0.25, 0.3) is 0 Å². The van der Waals surface area contributed by atoms with Crippen molar-refractivity contribution in [1.82, 2.24) is 14.9 Å². The number of halogens is 1. The Hall–Kier alpha value is -1.02. The fourth-order valence-corrected chi connectivity index (χ4v) is 2.89. The number of piperazine rings is 1. The molecule has 0 radical (unpaired) electrons. The molecule has 0 aliphatic carbocycles. The van der Waals surface area contributed by atoms with Crippen LogP contribution >= 0.6 is 0 Å². The van der Waals surface area contributed by atoms with Crippen molar-refractivity contribution in [2.75, 3.05) is 39.0 Å². The van der Waals surface area contributed by atoms with Crippen LogP contribution in [0.15, 0.2) is 24.3 Å². The van der Waals surface area contributed by atoms with Crippen molar-refractivity contribution in [2.24, 2.45) is 0 Å². The summed E-state index contributed by atoms with van der Waals surface area (Å²) in [4.78, 5) is 2.17. The summed E-state index contributed by atoms with van der Waals surface area (Å²) < 4.78 is 38.0. The van der Waals surface area contributed by atoms with Gasteiger partial charge in [0.25, 0.3) is 0 Å². The summed E-state index contributed by atoms with van der Waals surface area (Å²) >= 11 is 0. The molecule has 0 amide bonds. The molecule has 1 aliphatic heterocycles. The first kappa shape index (κ1) is 15.4. The van der Waals surface area contributed by atoms with Crippen LogP contribution in [0.3, 0.4) is 0 Å². The van der Waals surface area contributed by atoms with Crippen LogP contribution in [0.4, 0.5) is 4.39 Å². The SMILES string of the molecule is CS(=O)(=O)NCCN1CCNCC1c1cccc(F)c1. The van der Waals surface area contributed by atoms with Crippen molar-refractivity contribution in [1.29, 1.82) is 0 Å². The van der Waals surface area contributed by atoms with Crippen LogP contribution in [-0.4, -0.2) is 52.3 Å². The number of nitrogens with zero attached hydrogens (tertiary/aromatic N) is 1. The minimum atomic E-state index is -3.17. The molecule has 1 atom stereocenters. The van der Waals surface area contributed by atoms with E-state index >= 15 is 0 Å². The molecule has 1 aromatic rings. The van der Waals surface area contributed by atoms with Gasteiger partial charge in [-0.2, -0.15) is 0 Å². The monoisotopic (exact) mass is 301 g/mol. The lowest BCUT2D eigenvalue weighted by Gasteiger charge is -2.36. The van der Waals surface area contributed by atoms with Crippen molar-refractivity contribution in [3.63, 3.8) is 0 Å². The lowest BCUT2D eigenvalue weighted by atomic mass is 10.0. The fourth-order valence-electron chi connectivity index (χ4n) is 2.43.